The number of Topliss-reactive ketones (excluding diaryl/α,β-unsaturated/α-hetero) is 1. The lowest BCUT2D eigenvalue weighted by Crippen LogP contribution is -2.46. The highest BCUT2D eigenvalue weighted by molar-refractivity contribution is 6.30. The Bertz CT molecular complexity index is 910. The number of rotatable bonds is 2. The molecule has 0 N–H and O–H groups in total. The van der Waals surface area contributed by atoms with Crippen LogP contribution in [-0.4, -0.2) is 22.6 Å². The molecule has 0 spiro atoms. The van der Waals surface area contributed by atoms with E-state index in [4.69, 9.17) is 11.6 Å². The largest absolute Gasteiger partial charge is 0.314 e. The van der Waals surface area contributed by atoms with Crippen LogP contribution in [0.1, 0.15) is 41.8 Å². The van der Waals surface area contributed by atoms with E-state index < -0.39 is 17.4 Å². The van der Waals surface area contributed by atoms with E-state index in [1.165, 1.54) is 12.1 Å². The maximum absolute atomic E-state index is 14.2. The summed E-state index contributed by atoms with van der Waals surface area (Å²) in [6.07, 6.45) is 0.152. The number of amides is 1. The lowest BCUT2D eigenvalue weighted by Gasteiger charge is -2.36. The van der Waals surface area contributed by atoms with Crippen LogP contribution in [0.3, 0.4) is 0 Å². The van der Waals surface area contributed by atoms with Gasteiger partial charge in [0.15, 0.2) is 5.78 Å². The molecular formula is C20H17ClFNO2. The highest BCUT2D eigenvalue weighted by atomic mass is 35.5. The summed E-state index contributed by atoms with van der Waals surface area (Å²) < 4.78 is 14.2. The molecule has 0 aliphatic carbocycles. The fourth-order valence-corrected chi connectivity index (χ4v) is 4.45. The smallest absolute Gasteiger partial charge is 0.255 e. The molecule has 0 saturated carbocycles. The highest BCUT2D eigenvalue weighted by Gasteiger charge is 2.61. The van der Waals surface area contributed by atoms with Gasteiger partial charge in [-0.3, -0.25) is 9.59 Å². The Morgan fingerprint density at radius 1 is 1.20 bits per heavy atom. The summed E-state index contributed by atoms with van der Waals surface area (Å²) in [7, 11) is 0. The number of fused-ring (bicyclic) bond motifs is 3. The molecule has 2 aromatic carbocycles. The molecule has 0 radical (unpaired) electrons. The lowest BCUT2D eigenvalue weighted by atomic mass is 9.81. The van der Waals surface area contributed by atoms with Crippen molar-refractivity contribution < 1.29 is 14.0 Å². The molecule has 3 nitrogen and oxygen atoms in total. The van der Waals surface area contributed by atoms with Crippen molar-refractivity contribution in [1.29, 1.82) is 0 Å². The number of ketones is 1. The highest BCUT2D eigenvalue weighted by Crippen LogP contribution is 2.53. The van der Waals surface area contributed by atoms with E-state index in [9.17, 15) is 14.0 Å². The molecule has 4 rings (SSSR count). The summed E-state index contributed by atoms with van der Waals surface area (Å²) in [6, 6.07) is 11.3. The fourth-order valence-electron chi connectivity index (χ4n) is 4.33. The second-order valence-electron chi connectivity index (χ2n) is 7.04. The molecule has 128 valence electrons. The van der Waals surface area contributed by atoms with Crippen LogP contribution in [0.25, 0.3) is 0 Å². The first-order chi connectivity index (χ1) is 11.9. The van der Waals surface area contributed by atoms with E-state index in [0.717, 1.165) is 5.56 Å². The molecule has 0 aromatic heterocycles. The first-order valence-corrected chi connectivity index (χ1v) is 8.67. The third-order valence-electron chi connectivity index (χ3n) is 5.30. The Balaban J connectivity index is 2.03. The van der Waals surface area contributed by atoms with Gasteiger partial charge < -0.3 is 4.90 Å². The Hall–Kier alpha value is -2.20. The van der Waals surface area contributed by atoms with Crippen molar-refractivity contribution in [3.05, 3.63) is 70.0 Å². The molecule has 1 fully saturated rings. The molecule has 5 heteroatoms. The van der Waals surface area contributed by atoms with Crippen LogP contribution in [0.4, 0.5) is 4.39 Å². The molecule has 25 heavy (non-hydrogen) atoms. The zero-order valence-electron chi connectivity index (χ0n) is 13.9. The maximum Gasteiger partial charge on any atom is 0.255 e. The van der Waals surface area contributed by atoms with E-state index >= 15 is 0 Å². The quantitative estimate of drug-likeness (QED) is 0.808. The third-order valence-corrected chi connectivity index (χ3v) is 5.61. The zero-order valence-corrected chi connectivity index (χ0v) is 14.7. The van der Waals surface area contributed by atoms with E-state index in [2.05, 4.69) is 0 Å². The van der Waals surface area contributed by atoms with Gasteiger partial charge in [-0.1, -0.05) is 49.7 Å². The molecule has 1 amide bonds. The fraction of sp³-hybridized carbons (Fsp3) is 0.300. The number of hydrogen-bond acceptors (Lipinski definition) is 2. The predicted molar refractivity (Wildman–Crippen MR) is 93.1 cm³/mol. The summed E-state index contributed by atoms with van der Waals surface area (Å²) in [6.45, 7) is 3.86. The van der Waals surface area contributed by atoms with E-state index in [0.29, 0.717) is 11.1 Å². The Morgan fingerprint density at radius 2 is 1.92 bits per heavy atom. The van der Waals surface area contributed by atoms with Gasteiger partial charge in [0.2, 0.25) is 0 Å². The monoisotopic (exact) mass is 357 g/mol. The van der Waals surface area contributed by atoms with Gasteiger partial charge in [-0.15, -0.1) is 0 Å². The van der Waals surface area contributed by atoms with Crippen molar-refractivity contribution in [2.45, 2.75) is 31.8 Å². The molecule has 2 unspecified atom stereocenters. The summed E-state index contributed by atoms with van der Waals surface area (Å²) in [5, 5.41) is 0.0223. The van der Waals surface area contributed by atoms with Crippen LogP contribution in [0, 0.1) is 11.7 Å². The van der Waals surface area contributed by atoms with Crippen molar-refractivity contribution in [2.24, 2.45) is 5.92 Å². The molecule has 2 atom stereocenters. The Kier molecular flexibility index (Phi) is 3.51. The van der Waals surface area contributed by atoms with Crippen molar-refractivity contribution in [3.8, 4) is 0 Å². The molecule has 2 aliphatic rings. The van der Waals surface area contributed by atoms with Crippen molar-refractivity contribution in [2.75, 3.05) is 0 Å². The van der Waals surface area contributed by atoms with Gasteiger partial charge in [0.25, 0.3) is 5.91 Å². The topological polar surface area (TPSA) is 37.4 Å². The van der Waals surface area contributed by atoms with Crippen LogP contribution < -0.4 is 0 Å². The minimum atomic E-state index is -0.953. The van der Waals surface area contributed by atoms with Gasteiger partial charge in [-0.2, -0.15) is 0 Å². The minimum Gasteiger partial charge on any atom is -0.314 e. The summed E-state index contributed by atoms with van der Waals surface area (Å²) >= 11 is 5.84. The van der Waals surface area contributed by atoms with E-state index in [1.807, 2.05) is 26.0 Å². The standard InChI is InChI=1S/C20H17ClFNO2/c1-11(2)18-17(24)10-20(12-7-8-15(21)16(22)9-12)14-6-4-3-5-13(14)19(25)23(18)20/h3-9,11,18H,10H2,1-2H3. The van der Waals surface area contributed by atoms with Crippen LogP contribution in [0.5, 0.6) is 0 Å². The van der Waals surface area contributed by atoms with Gasteiger partial charge in [0, 0.05) is 12.0 Å². The van der Waals surface area contributed by atoms with Gasteiger partial charge in [-0.05, 0) is 35.2 Å². The second kappa shape index (κ2) is 5.40. The number of carbonyl (C=O) groups excluding carboxylic acids is 2. The first kappa shape index (κ1) is 16.3. The van der Waals surface area contributed by atoms with Crippen LogP contribution in [0.15, 0.2) is 42.5 Å². The zero-order chi connectivity index (χ0) is 17.9. The molecule has 2 aliphatic heterocycles. The lowest BCUT2D eigenvalue weighted by molar-refractivity contribution is -0.120. The van der Waals surface area contributed by atoms with Crippen LogP contribution >= 0.6 is 11.6 Å². The molecule has 2 aromatic rings. The Morgan fingerprint density at radius 3 is 2.60 bits per heavy atom. The first-order valence-electron chi connectivity index (χ1n) is 8.29. The predicted octanol–water partition coefficient (Wildman–Crippen LogP) is 4.18. The number of carbonyl (C=O) groups is 2. The summed E-state index contributed by atoms with van der Waals surface area (Å²) in [5.41, 5.74) is 0.976. The molecule has 1 saturated heterocycles. The van der Waals surface area contributed by atoms with Crippen LogP contribution in [-0.2, 0) is 10.3 Å². The maximum atomic E-state index is 14.2. The molecular weight excluding hydrogens is 341 g/mol. The normalized spacial score (nSPS) is 24.8. The molecule has 2 heterocycles. The van der Waals surface area contributed by atoms with Crippen molar-refractivity contribution >= 4 is 23.3 Å². The van der Waals surface area contributed by atoms with Gasteiger partial charge >= 0.3 is 0 Å². The second-order valence-corrected chi connectivity index (χ2v) is 7.45. The van der Waals surface area contributed by atoms with Crippen LogP contribution in [0.2, 0.25) is 5.02 Å². The Labute approximate surface area is 150 Å². The number of hydrogen-bond donors (Lipinski definition) is 0. The van der Waals surface area contributed by atoms with E-state index in [-0.39, 0.29) is 29.1 Å². The van der Waals surface area contributed by atoms with Crippen molar-refractivity contribution in [3.63, 3.8) is 0 Å². The minimum absolute atomic E-state index is 0.00760. The average molecular weight is 358 g/mol. The average Bonchev–Trinajstić information content (AvgIpc) is 3.01. The number of nitrogens with zero attached hydrogens (tertiary/aromatic N) is 1. The number of halogens is 2. The van der Waals surface area contributed by atoms with Gasteiger partial charge in [0.05, 0.1) is 11.1 Å². The van der Waals surface area contributed by atoms with Gasteiger partial charge in [0.1, 0.15) is 11.4 Å². The molecule has 0 bridgehead atoms. The third kappa shape index (κ3) is 2.04. The van der Waals surface area contributed by atoms with Crippen molar-refractivity contribution in [1.82, 2.24) is 4.90 Å². The summed E-state index contributed by atoms with van der Waals surface area (Å²) in [5.74, 6) is -0.737. The van der Waals surface area contributed by atoms with Gasteiger partial charge in [-0.25, -0.2) is 4.39 Å². The SMILES string of the molecule is CC(C)C1C(=O)CC2(c3ccc(Cl)c(F)c3)c3ccccc3C(=O)N12. The number of benzene rings is 2. The summed E-state index contributed by atoms with van der Waals surface area (Å²) in [4.78, 5) is 27.6. The van der Waals surface area contributed by atoms with E-state index in [1.54, 1.807) is 23.1 Å².